The number of amides is 1. The Balaban J connectivity index is 1.84. The maximum absolute atomic E-state index is 12.9. The van der Waals surface area contributed by atoms with Crippen LogP contribution in [0.1, 0.15) is 27.9 Å². The SMILES string of the molecule is O=C(c1ccc(F)cc1)N1CCCc2ccccc2C1. The lowest BCUT2D eigenvalue weighted by molar-refractivity contribution is 0.0746. The first kappa shape index (κ1) is 12.9. The molecule has 0 aliphatic carbocycles. The summed E-state index contributed by atoms with van der Waals surface area (Å²) in [7, 11) is 0. The van der Waals surface area contributed by atoms with Crippen LogP contribution in [0.25, 0.3) is 0 Å². The van der Waals surface area contributed by atoms with Gasteiger partial charge < -0.3 is 4.90 Å². The minimum absolute atomic E-state index is 0.0262. The van der Waals surface area contributed by atoms with E-state index in [0.29, 0.717) is 12.1 Å². The van der Waals surface area contributed by atoms with Gasteiger partial charge in [0, 0.05) is 18.7 Å². The molecule has 0 N–H and O–H groups in total. The van der Waals surface area contributed by atoms with Crippen LogP contribution in [-0.2, 0) is 13.0 Å². The Hall–Kier alpha value is -2.16. The van der Waals surface area contributed by atoms with Crippen LogP contribution in [0.15, 0.2) is 48.5 Å². The molecule has 0 atom stereocenters. The van der Waals surface area contributed by atoms with Crippen molar-refractivity contribution in [2.24, 2.45) is 0 Å². The lowest BCUT2D eigenvalue weighted by Gasteiger charge is -2.21. The number of carbonyl (C=O) groups excluding carboxylic acids is 1. The summed E-state index contributed by atoms with van der Waals surface area (Å²) in [6, 6.07) is 14.0. The molecule has 2 aromatic carbocycles. The van der Waals surface area contributed by atoms with E-state index in [1.807, 2.05) is 17.0 Å². The maximum atomic E-state index is 12.9. The van der Waals surface area contributed by atoms with Gasteiger partial charge >= 0.3 is 0 Å². The number of hydrogen-bond donors (Lipinski definition) is 0. The average Bonchev–Trinajstić information content (AvgIpc) is 2.69. The fourth-order valence-corrected chi connectivity index (χ4v) is 2.65. The summed E-state index contributed by atoms with van der Waals surface area (Å²) in [4.78, 5) is 14.3. The van der Waals surface area contributed by atoms with E-state index in [2.05, 4.69) is 12.1 Å². The van der Waals surface area contributed by atoms with Crippen LogP contribution in [-0.4, -0.2) is 17.4 Å². The van der Waals surface area contributed by atoms with Gasteiger partial charge in [-0.15, -0.1) is 0 Å². The minimum atomic E-state index is -0.317. The first-order valence-electron chi connectivity index (χ1n) is 6.85. The Labute approximate surface area is 117 Å². The molecule has 0 spiro atoms. The highest BCUT2D eigenvalue weighted by Crippen LogP contribution is 2.20. The zero-order chi connectivity index (χ0) is 13.9. The van der Waals surface area contributed by atoms with Crippen LogP contribution in [0.5, 0.6) is 0 Å². The van der Waals surface area contributed by atoms with Gasteiger partial charge in [-0.2, -0.15) is 0 Å². The fraction of sp³-hybridized carbons (Fsp3) is 0.235. The molecule has 3 rings (SSSR count). The van der Waals surface area contributed by atoms with E-state index in [0.717, 1.165) is 19.4 Å². The Morgan fingerprint density at radius 3 is 2.45 bits per heavy atom. The molecule has 0 fully saturated rings. The molecule has 0 bridgehead atoms. The van der Waals surface area contributed by atoms with Gasteiger partial charge in [0.2, 0.25) is 0 Å². The molecule has 2 nitrogen and oxygen atoms in total. The molecule has 20 heavy (non-hydrogen) atoms. The predicted molar refractivity (Wildman–Crippen MR) is 75.9 cm³/mol. The molecule has 0 saturated carbocycles. The van der Waals surface area contributed by atoms with E-state index in [1.165, 1.54) is 23.3 Å². The smallest absolute Gasteiger partial charge is 0.254 e. The van der Waals surface area contributed by atoms with E-state index in [-0.39, 0.29) is 11.7 Å². The highest BCUT2D eigenvalue weighted by Gasteiger charge is 2.19. The summed E-state index contributed by atoms with van der Waals surface area (Å²) in [5.74, 6) is -0.343. The van der Waals surface area contributed by atoms with Crippen LogP contribution in [0.2, 0.25) is 0 Å². The molecule has 0 aromatic heterocycles. The highest BCUT2D eigenvalue weighted by atomic mass is 19.1. The summed E-state index contributed by atoms with van der Waals surface area (Å²) in [5, 5.41) is 0. The van der Waals surface area contributed by atoms with Crippen molar-refractivity contribution in [2.45, 2.75) is 19.4 Å². The van der Waals surface area contributed by atoms with E-state index >= 15 is 0 Å². The van der Waals surface area contributed by atoms with Gasteiger partial charge in [0.1, 0.15) is 5.82 Å². The fourth-order valence-electron chi connectivity index (χ4n) is 2.65. The first-order chi connectivity index (χ1) is 9.74. The van der Waals surface area contributed by atoms with Gasteiger partial charge in [0.05, 0.1) is 0 Å². The molecule has 0 radical (unpaired) electrons. The zero-order valence-corrected chi connectivity index (χ0v) is 11.2. The normalized spacial score (nSPS) is 14.6. The largest absolute Gasteiger partial charge is 0.334 e. The lowest BCUT2D eigenvalue weighted by atomic mass is 10.0. The maximum Gasteiger partial charge on any atom is 0.254 e. The Kier molecular flexibility index (Phi) is 3.50. The van der Waals surface area contributed by atoms with Crippen molar-refractivity contribution in [2.75, 3.05) is 6.54 Å². The minimum Gasteiger partial charge on any atom is -0.334 e. The molecule has 0 unspecified atom stereocenters. The standard InChI is InChI=1S/C17H16FNO/c18-16-9-7-14(8-10-16)17(20)19-11-3-6-13-4-1-2-5-15(13)12-19/h1-2,4-5,7-10H,3,6,11-12H2. The van der Waals surface area contributed by atoms with Gasteiger partial charge in [-0.25, -0.2) is 4.39 Å². The topological polar surface area (TPSA) is 20.3 Å². The number of carbonyl (C=O) groups is 1. The molecular weight excluding hydrogens is 253 g/mol. The molecule has 1 amide bonds. The van der Waals surface area contributed by atoms with Crippen LogP contribution >= 0.6 is 0 Å². The van der Waals surface area contributed by atoms with Crippen LogP contribution in [0.4, 0.5) is 4.39 Å². The van der Waals surface area contributed by atoms with E-state index in [4.69, 9.17) is 0 Å². The number of halogens is 1. The van der Waals surface area contributed by atoms with Gasteiger partial charge in [0.25, 0.3) is 5.91 Å². The summed E-state index contributed by atoms with van der Waals surface area (Å²) in [6.07, 6.45) is 1.97. The second-order valence-corrected chi connectivity index (χ2v) is 5.11. The zero-order valence-electron chi connectivity index (χ0n) is 11.2. The highest BCUT2D eigenvalue weighted by molar-refractivity contribution is 5.94. The third kappa shape index (κ3) is 2.57. The van der Waals surface area contributed by atoms with Gasteiger partial charge in [-0.05, 0) is 48.2 Å². The number of fused-ring (bicyclic) bond motifs is 1. The Morgan fingerprint density at radius 1 is 1.00 bits per heavy atom. The monoisotopic (exact) mass is 269 g/mol. The second-order valence-electron chi connectivity index (χ2n) is 5.11. The molecular formula is C17H16FNO. The summed E-state index contributed by atoms with van der Waals surface area (Å²) in [6.45, 7) is 1.37. The van der Waals surface area contributed by atoms with E-state index < -0.39 is 0 Å². The molecule has 1 heterocycles. The Morgan fingerprint density at radius 2 is 1.70 bits per heavy atom. The van der Waals surface area contributed by atoms with Crippen molar-refractivity contribution in [1.29, 1.82) is 0 Å². The van der Waals surface area contributed by atoms with Crippen molar-refractivity contribution in [3.05, 3.63) is 71.0 Å². The van der Waals surface area contributed by atoms with E-state index in [1.54, 1.807) is 12.1 Å². The third-order valence-corrected chi connectivity index (χ3v) is 3.73. The molecule has 2 aromatic rings. The lowest BCUT2D eigenvalue weighted by Crippen LogP contribution is -2.30. The molecule has 0 saturated heterocycles. The van der Waals surface area contributed by atoms with Crippen molar-refractivity contribution in [3.8, 4) is 0 Å². The van der Waals surface area contributed by atoms with E-state index in [9.17, 15) is 9.18 Å². The molecule has 3 heteroatoms. The quantitative estimate of drug-likeness (QED) is 0.777. The van der Waals surface area contributed by atoms with Crippen LogP contribution in [0, 0.1) is 5.82 Å². The second kappa shape index (κ2) is 5.45. The van der Waals surface area contributed by atoms with Crippen molar-refractivity contribution < 1.29 is 9.18 Å². The Bertz CT molecular complexity index is 621. The summed E-state index contributed by atoms with van der Waals surface area (Å²) < 4.78 is 12.9. The average molecular weight is 269 g/mol. The number of aryl methyl sites for hydroxylation is 1. The number of hydrogen-bond acceptors (Lipinski definition) is 1. The number of benzene rings is 2. The van der Waals surface area contributed by atoms with Gasteiger partial charge in [-0.3, -0.25) is 4.79 Å². The first-order valence-corrected chi connectivity index (χ1v) is 6.85. The summed E-state index contributed by atoms with van der Waals surface area (Å²) in [5.41, 5.74) is 3.08. The van der Waals surface area contributed by atoms with Gasteiger partial charge in [0.15, 0.2) is 0 Å². The number of rotatable bonds is 1. The molecule has 1 aliphatic heterocycles. The van der Waals surface area contributed by atoms with Crippen molar-refractivity contribution >= 4 is 5.91 Å². The van der Waals surface area contributed by atoms with Gasteiger partial charge in [-0.1, -0.05) is 24.3 Å². The van der Waals surface area contributed by atoms with Crippen LogP contribution < -0.4 is 0 Å². The number of nitrogens with zero attached hydrogens (tertiary/aromatic N) is 1. The summed E-state index contributed by atoms with van der Waals surface area (Å²) >= 11 is 0. The van der Waals surface area contributed by atoms with Crippen molar-refractivity contribution in [1.82, 2.24) is 4.90 Å². The molecule has 1 aliphatic rings. The van der Waals surface area contributed by atoms with Crippen molar-refractivity contribution in [3.63, 3.8) is 0 Å². The predicted octanol–water partition coefficient (Wildman–Crippen LogP) is 3.41. The molecule has 102 valence electrons. The van der Waals surface area contributed by atoms with Crippen LogP contribution in [0.3, 0.4) is 0 Å². The third-order valence-electron chi connectivity index (χ3n) is 3.73.